The van der Waals surface area contributed by atoms with Crippen LogP contribution >= 0.6 is 27.7 Å². The zero-order valence-electron chi connectivity index (χ0n) is 11.8. The number of carbonyl (C=O) groups is 1. The maximum atomic E-state index is 12.4. The van der Waals surface area contributed by atoms with Crippen molar-refractivity contribution in [3.05, 3.63) is 16.4 Å². The molecule has 2 rings (SSSR count). The van der Waals surface area contributed by atoms with E-state index in [0.717, 1.165) is 4.47 Å². The Kier molecular flexibility index (Phi) is 6.58. The molecule has 1 saturated carbocycles. The van der Waals surface area contributed by atoms with E-state index in [4.69, 9.17) is 4.74 Å². The van der Waals surface area contributed by atoms with Gasteiger partial charge in [-0.15, -0.1) is 0 Å². The number of ether oxygens (including phenoxy) is 1. The third-order valence-corrected chi connectivity index (χ3v) is 5.52. The van der Waals surface area contributed by atoms with Crippen LogP contribution in [0.2, 0.25) is 0 Å². The number of rotatable bonds is 7. The van der Waals surface area contributed by atoms with Crippen molar-refractivity contribution in [2.45, 2.75) is 43.9 Å². The van der Waals surface area contributed by atoms with Gasteiger partial charge in [0.05, 0.1) is 29.6 Å². The Morgan fingerprint density at radius 1 is 1.50 bits per heavy atom. The largest absolute Gasteiger partial charge is 0.383 e. The van der Waals surface area contributed by atoms with Crippen molar-refractivity contribution < 1.29 is 9.53 Å². The summed E-state index contributed by atoms with van der Waals surface area (Å²) in [7, 11) is 1.65. The number of thioether (sulfide) groups is 1. The molecular weight excluding hydrogens is 340 g/mol. The molecule has 0 aliphatic heterocycles. The molecule has 1 aliphatic carbocycles. The third kappa shape index (κ3) is 4.33. The fourth-order valence-corrected chi connectivity index (χ4v) is 4.19. The second-order valence-corrected chi connectivity index (χ2v) is 7.19. The summed E-state index contributed by atoms with van der Waals surface area (Å²) >= 11 is 5.22. The Labute approximate surface area is 132 Å². The first-order valence-electron chi connectivity index (χ1n) is 7.07. The highest BCUT2D eigenvalue weighted by Gasteiger charge is 2.20. The number of carbonyl (C=O) groups excluding carboxylic acids is 1. The Balaban J connectivity index is 1.92. The highest BCUT2D eigenvalue weighted by atomic mass is 79.9. The fraction of sp³-hybridized carbons (Fsp3) is 0.714. The number of hydrogen-bond donors (Lipinski definition) is 0. The average molecular weight is 361 g/mol. The maximum absolute atomic E-state index is 12.4. The summed E-state index contributed by atoms with van der Waals surface area (Å²) in [5.41, 5.74) is 0.672. The van der Waals surface area contributed by atoms with E-state index in [9.17, 15) is 4.79 Å². The van der Waals surface area contributed by atoms with E-state index in [-0.39, 0.29) is 5.78 Å². The van der Waals surface area contributed by atoms with Crippen LogP contribution in [0.5, 0.6) is 0 Å². The van der Waals surface area contributed by atoms with Crippen molar-refractivity contribution in [2.75, 3.05) is 19.5 Å². The van der Waals surface area contributed by atoms with E-state index in [0.29, 0.717) is 29.8 Å². The van der Waals surface area contributed by atoms with Gasteiger partial charge >= 0.3 is 0 Å². The molecule has 0 aromatic carbocycles. The Morgan fingerprint density at radius 3 is 2.95 bits per heavy atom. The fourth-order valence-electron chi connectivity index (χ4n) is 2.48. The Hall–Kier alpha value is -0.330. The highest BCUT2D eigenvalue weighted by molar-refractivity contribution is 9.10. The predicted octanol–water partition coefficient (Wildman–Crippen LogP) is 3.54. The molecule has 1 heterocycles. The van der Waals surface area contributed by atoms with E-state index in [1.165, 1.54) is 32.1 Å². The van der Waals surface area contributed by atoms with Gasteiger partial charge in [-0.25, -0.2) is 0 Å². The second kappa shape index (κ2) is 8.20. The van der Waals surface area contributed by atoms with Crippen LogP contribution in [0.4, 0.5) is 0 Å². The van der Waals surface area contributed by atoms with Crippen LogP contribution in [0.25, 0.3) is 0 Å². The molecule has 0 spiro atoms. The Morgan fingerprint density at radius 2 is 2.25 bits per heavy atom. The Bertz CT molecular complexity index is 444. The first kappa shape index (κ1) is 16.0. The number of methoxy groups -OCH3 is 1. The van der Waals surface area contributed by atoms with Gasteiger partial charge in [0.25, 0.3) is 0 Å². The molecule has 0 unspecified atom stereocenters. The molecular formula is C14H21BrN2O2S. The summed E-state index contributed by atoms with van der Waals surface area (Å²) in [6.45, 7) is 1.17. The van der Waals surface area contributed by atoms with Gasteiger partial charge in [0, 0.05) is 12.4 Å². The van der Waals surface area contributed by atoms with Crippen LogP contribution in [0, 0.1) is 0 Å². The summed E-state index contributed by atoms with van der Waals surface area (Å²) in [6, 6.07) is 0. The summed E-state index contributed by atoms with van der Waals surface area (Å²) in [5, 5.41) is 4.88. The molecule has 0 radical (unpaired) electrons. The first-order chi connectivity index (χ1) is 9.72. The van der Waals surface area contributed by atoms with Crippen molar-refractivity contribution in [1.29, 1.82) is 0 Å². The van der Waals surface area contributed by atoms with Crippen LogP contribution in [-0.4, -0.2) is 40.3 Å². The molecule has 1 aromatic rings. The molecule has 0 atom stereocenters. The number of ketones is 1. The zero-order chi connectivity index (χ0) is 14.4. The van der Waals surface area contributed by atoms with Crippen LogP contribution in [0.15, 0.2) is 10.7 Å². The maximum Gasteiger partial charge on any atom is 0.191 e. The number of nitrogens with zero attached hydrogens (tertiary/aromatic N) is 2. The van der Waals surface area contributed by atoms with E-state index in [1.54, 1.807) is 29.8 Å². The zero-order valence-corrected chi connectivity index (χ0v) is 14.2. The molecule has 6 heteroatoms. The molecule has 1 aliphatic rings. The lowest BCUT2D eigenvalue weighted by Gasteiger charge is -2.20. The molecule has 112 valence electrons. The van der Waals surface area contributed by atoms with Gasteiger partial charge in [-0.3, -0.25) is 9.48 Å². The van der Waals surface area contributed by atoms with Gasteiger partial charge in [0.2, 0.25) is 0 Å². The SMILES string of the molecule is COCCn1ncc(Br)c1C(=O)CSC1CCCCC1. The quantitative estimate of drug-likeness (QED) is 0.697. The monoisotopic (exact) mass is 360 g/mol. The number of hydrogen-bond acceptors (Lipinski definition) is 4. The van der Waals surface area contributed by atoms with Crippen molar-refractivity contribution in [1.82, 2.24) is 9.78 Å². The minimum absolute atomic E-state index is 0.154. The predicted molar refractivity (Wildman–Crippen MR) is 85.5 cm³/mol. The normalized spacial score (nSPS) is 16.5. The average Bonchev–Trinajstić information content (AvgIpc) is 2.84. The van der Waals surface area contributed by atoms with Crippen molar-refractivity contribution in [3.63, 3.8) is 0 Å². The third-order valence-electron chi connectivity index (χ3n) is 3.57. The molecule has 0 saturated heterocycles. The lowest BCUT2D eigenvalue weighted by Crippen LogP contribution is -2.17. The molecule has 0 bridgehead atoms. The van der Waals surface area contributed by atoms with Crippen molar-refractivity contribution in [2.24, 2.45) is 0 Å². The summed E-state index contributed by atoms with van der Waals surface area (Å²) in [4.78, 5) is 12.4. The number of halogens is 1. The van der Waals surface area contributed by atoms with Crippen LogP contribution in [-0.2, 0) is 11.3 Å². The lowest BCUT2D eigenvalue weighted by molar-refractivity contribution is 0.100. The van der Waals surface area contributed by atoms with Crippen molar-refractivity contribution in [3.8, 4) is 0 Å². The molecule has 0 amide bonds. The van der Waals surface area contributed by atoms with Crippen LogP contribution < -0.4 is 0 Å². The van der Waals surface area contributed by atoms with E-state index in [1.807, 2.05) is 0 Å². The molecule has 1 aromatic heterocycles. The lowest BCUT2D eigenvalue weighted by atomic mass is 10.0. The topological polar surface area (TPSA) is 44.1 Å². The minimum Gasteiger partial charge on any atom is -0.383 e. The molecule has 0 N–H and O–H groups in total. The molecule has 1 fully saturated rings. The molecule has 4 nitrogen and oxygen atoms in total. The highest BCUT2D eigenvalue weighted by Crippen LogP contribution is 2.29. The van der Waals surface area contributed by atoms with Crippen LogP contribution in [0.1, 0.15) is 42.6 Å². The summed E-state index contributed by atoms with van der Waals surface area (Å²) in [6.07, 6.45) is 8.15. The van der Waals surface area contributed by atoms with Gasteiger partial charge < -0.3 is 4.74 Å². The van der Waals surface area contributed by atoms with Gasteiger partial charge in [-0.05, 0) is 28.8 Å². The van der Waals surface area contributed by atoms with Crippen molar-refractivity contribution >= 4 is 33.5 Å². The van der Waals surface area contributed by atoms with E-state index in [2.05, 4.69) is 21.0 Å². The van der Waals surface area contributed by atoms with E-state index >= 15 is 0 Å². The first-order valence-corrected chi connectivity index (χ1v) is 8.91. The van der Waals surface area contributed by atoms with E-state index < -0.39 is 0 Å². The van der Waals surface area contributed by atoms with Gasteiger partial charge in [-0.2, -0.15) is 16.9 Å². The van der Waals surface area contributed by atoms with Gasteiger partial charge in [0.15, 0.2) is 5.78 Å². The minimum atomic E-state index is 0.154. The standard InChI is InChI=1S/C14H21BrN2O2S/c1-19-8-7-17-14(12(15)9-16-17)13(18)10-20-11-5-3-2-4-6-11/h9,11H,2-8,10H2,1H3. The second-order valence-electron chi connectivity index (χ2n) is 5.05. The number of Topliss-reactive ketones (excluding diaryl/α,β-unsaturated/α-hetero) is 1. The van der Waals surface area contributed by atoms with Crippen LogP contribution in [0.3, 0.4) is 0 Å². The smallest absolute Gasteiger partial charge is 0.191 e. The summed E-state index contributed by atoms with van der Waals surface area (Å²) in [5.74, 6) is 0.697. The molecule has 20 heavy (non-hydrogen) atoms. The summed E-state index contributed by atoms with van der Waals surface area (Å²) < 4.78 is 7.57. The van der Waals surface area contributed by atoms with Gasteiger partial charge in [0.1, 0.15) is 5.69 Å². The van der Waals surface area contributed by atoms with Gasteiger partial charge in [-0.1, -0.05) is 19.3 Å². The number of aromatic nitrogens is 2.